The van der Waals surface area contributed by atoms with Gasteiger partial charge in [-0.2, -0.15) is 0 Å². The summed E-state index contributed by atoms with van der Waals surface area (Å²) in [6.07, 6.45) is 1.16. The number of Topliss-reactive ketones (excluding diaryl/α,β-unsaturated/α-hetero) is 1. The van der Waals surface area contributed by atoms with Gasteiger partial charge >= 0.3 is 5.69 Å². The first kappa shape index (κ1) is 21.0. The van der Waals surface area contributed by atoms with Gasteiger partial charge in [0, 0.05) is 18.4 Å². The summed E-state index contributed by atoms with van der Waals surface area (Å²) in [6, 6.07) is 9.41. The van der Waals surface area contributed by atoms with Crippen LogP contribution in [-0.2, 0) is 13.1 Å². The Hall–Kier alpha value is -2.67. The van der Waals surface area contributed by atoms with Gasteiger partial charge in [-0.1, -0.05) is 44.2 Å². The van der Waals surface area contributed by atoms with Crippen LogP contribution < -0.4 is 21.9 Å². The number of piperidine rings is 1. The fraction of sp³-hybridized carbons (Fsp3) is 0.500. The number of ketones is 1. The lowest BCUT2D eigenvalue weighted by atomic mass is 9.91. The van der Waals surface area contributed by atoms with E-state index in [2.05, 4.69) is 13.8 Å². The number of carbonyl (C=O) groups is 1. The molecule has 29 heavy (non-hydrogen) atoms. The third-order valence-corrected chi connectivity index (χ3v) is 5.74. The molecule has 1 aliphatic heterocycles. The molecule has 156 valence electrons. The molecule has 0 radical (unpaired) electrons. The molecule has 0 saturated carbocycles. The van der Waals surface area contributed by atoms with Gasteiger partial charge in [-0.3, -0.25) is 18.7 Å². The van der Waals surface area contributed by atoms with Crippen LogP contribution in [0.3, 0.4) is 0 Å². The molecule has 0 unspecified atom stereocenters. The van der Waals surface area contributed by atoms with Crippen molar-refractivity contribution in [2.75, 3.05) is 25.4 Å². The maximum Gasteiger partial charge on any atom is 0.332 e. The summed E-state index contributed by atoms with van der Waals surface area (Å²) in [5, 5.41) is 0. The Kier molecular flexibility index (Phi) is 6.37. The number of carbonyl (C=O) groups excluding carboxylic acids is 1. The fourth-order valence-corrected chi connectivity index (χ4v) is 4.56. The van der Waals surface area contributed by atoms with Gasteiger partial charge in [0.25, 0.3) is 5.56 Å². The Morgan fingerprint density at radius 1 is 1.10 bits per heavy atom. The molecule has 2 aromatic rings. The van der Waals surface area contributed by atoms with Gasteiger partial charge in [0.2, 0.25) is 5.78 Å². The average Bonchev–Trinajstić information content (AvgIpc) is 2.65. The van der Waals surface area contributed by atoms with Crippen LogP contribution in [0.25, 0.3) is 0 Å². The highest BCUT2D eigenvalue weighted by molar-refractivity contribution is 6.00. The SMILES string of the molecule is CCn1c(=O)c(C(=O)C[NH+]2C[C@@H](C)C[C@H](C)C2)c(N)n(Cc2ccccc2)c1=O. The van der Waals surface area contributed by atoms with E-state index in [1.807, 2.05) is 30.3 Å². The van der Waals surface area contributed by atoms with E-state index in [1.54, 1.807) is 6.92 Å². The smallest absolute Gasteiger partial charge is 0.332 e. The Labute approximate surface area is 170 Å². The Morgan fingerprint density at radius 2 is 1.72 bits per heavy atom. The topological polar surface area (TPSA) is 91.5 Å². The van der Waals surface area contributed by atoms with Crippen LogP contribution in [0.4, 0.5) is 5.82 Å². The van der Waals surface area contributed by atoms with Crippen LogP contribution in [0.5, 0.6) is 0 Å². The number of likely N-dealkylation sites (tertiary alicyclic amines) is 1. The van der Waals surface area contributed by atoms with Crippen LogP contribution in [0.1, 0.15) is 43.1 Å². The average molecular weight is 400 g/mol. The van der Waals surface area contributed by atoms with Crippen molar-refractivity contribution in [1.82, 2.24) is 9.13 Å². The predicted molar refractivity (Wildman–Crippen MR) is 113 cm³/mol. The summed E-state index contributed by atoms with van der Waals surface area (Å²) in [6.45, 7) is 8.55. The first-order valence-corrected chi connectivity index (χ1v) is 10.4. The molecule has 1 saturated heterocycles. The van der Waals surface area contributed by atoms with E-state index in [1.165, 1.54) is 9.47 Å². The largest absolute Gasteiger partial charge is 0.384 e. The number of nitrogens with one attached hydrogen (secondary N) is 1. The molecule has 3 rings (SSSR count). The highest BCUT2D eigenvalue weighted by atomic mass is 16.2. The number of nitrogen functional groups attached to an aromatic ring is 1. The van der Waals surface area contributed by atoms with Crippen molar-refractivity contribution >= 4 is 11.6 Å². The zero-order chi connectivity index (χ0) is 21.1. The number of benzene rings is 1. The van der Waals surface area contributed by atoms with Gasteiger partial charge in [-0.05, 0) is 18.9 Å². The van der Waals surface area contributed by atoms with E-state index in [0.29, 0.717) is 11.8 Å². The first-order chi connectivity index (χ1) is 13.8. The zero-order valence-electron chi connectivity index (χ0n) is 17.5. The lowest BCUT2D eigenvalue weighted by Crippen LogP contribution is -3.15. The molecule has 0 bridgehead atoms. The number of nitrogens with two attached hydrogens (primary N) is 1. The van der Waals surface area contributed by atoms with Crippen molar-refractivity contribution < 1.29 is 9.69 Å². The second-order valence-corrected chi connectivity index (χ2v) is 8.37. The Balaban J connectivity index is 1.99. The molecule has 1 aromatic heterocycles. The molecule has 2 heterocycles. The molecule has 0 aliphatic carbocycles. The number of aromatic nitrogens is 2. The van der Waals surface area contributed by atoms with Crippen molar-refractivity contribution in [1.29, 1.82) is 0 Å². The second-order valence-electron chi connectivity index (χ2n) is 8.37. The van der Waals surface area contributed by atoms with Crippen LogP contribution in [-0.4, -0.2) is 34.6 Å². The molecule has 3 N–H and O–H groups in total. The Morgan fingerprint density at radius 3 is 2.31 bits per heavy atom. The van der Waals surface area contributed by atoms with Gasteiger partial charge in [0.15, 0.2) is 0 Å². The van der Waals surface area contributed by atoms with E-state index >= 15 is 0 Å². The standard InChI is InChI=1S/C22H30N4O3/c1-4-25-21(28)19(18(27)14-24-11-15(2)10-16(3)12-24)20(23)26(22(25)29)13-17-8-6-5-7-9-17/h5-9,15-16H,4,10-14,23H2,1-3H3/p+1/t15-,16-/m0/s1. The minimum atomic E-state index is -0.582. The van der Waals surface area contributed by atoms with Gasteiger partial charge in [0.05, 0.1) is 19.6 Å². The number of nitrogens with zero attached hydrogens (tertiary/aromatic N) is 2. The predicted octanol–water partition coefficient (Wildman–Crippen LogP) is 0.404. The minimum absolute atomic E-state index is 0.0314. The molecule has 1 aliphatic rings. The summed E-state index contributed by atoms with van der Waals surface area (Å²) in [5.41, 5.74) is 6.00. The molecular weight excluding hydrogens is 368 g/mol. The van der Waals surface area contributed by atoms with Crippen LogP contribution in [0.15, 0.2) is 39.9 Å². The molecular formula is C22H31N4O3+. The molecule has 1 aromatic carbocycles. The Bertz CT molecular complexity index is 984. The monoisotopic (exact) mass is 399 g/mol. The van der Waals surface area contributed by atoms with E-state index in [-0.39, 0.29) is 36.8 Å². The quantitative estimate of drug-likeness (QED) is 0.688. The zero-order valence-corrected chi connectivity index (χ0v) is 17.5. The second kappa shape index (κ2) is 8.78. The van der Waals surface area contributed by atoms with Crippen LogP contribution in [0, 0.1) is 11.8 Å². The molecule has 7 nitrogen and oxygen atoms in total. The maximum atomic E-state index is 13.1. The fourth-order valence-electron chi connectivity index (χ4n) is 4.56. The summed E-state index contributed by atoms with van der Waals surface area (Å²) in [4.78, 5) is 40.0. The third kappa shape index (κ3) is 4.50. The summed E-state index contributed by atoms with van der Waals surface area (Å²) in [5.74, 6) is 0.764. The van der Waals surface area contributed by atoms with E-state index in [9.17, 15) is 14.4 Å². The summed E-state index contributed by atoms with van der Waals surface area (Å²) >= 11 is 0. The summed E-state index contributed by atoms with van der Waals surface area (Å²) in [7, 11) is 0. The van der Waals surface area contributed by atoms with Crippen molar-refractivity contribution in [3.05, 3.63) is 62.3 Å². The van der Waals surface area contributed by atoms with E-state index in [0.717, 1.165) is 29.6 Å². The number of anilines is 1. The van der Waals surface area contributed by atoms with Gasteiger partial charge in [0.1, 0.15) is 17.9 Å². The lowest BCUT2D eigenvalue weighted by molar-refractivity contribution is -0.903. The highest BCUT2D eigenvalue weighted by Crippen LogP contribution is 2.13. The third-order valence-electron chi connectivity index (χ3n) is 5.74. The lowest BCUT2D eigenvalue weighted by Gasteiger charge is -2.31. The van der Waals surface area contributed by atoms with Crippen molar-refractivity contribution in [3.8, 4) is 0 Å². The molecule has 0 spiro atoms. The van der Waals surface area contributed by atoms with E-state index < -0.39 is 11.2 Å². The molecule has 1 fully saturated rings. The van der Waals surface area contributed by atoms with Crippen molar-refractivity contribution in [2.24, 2.45) is 11.8 Å². The number of hydrogen-bond donors (Lipinski definition) is 2. The van der Waals surface area contributed by atoms with Crippen molar-refractivity contribution in [3.63, 3.8) is 0 Å². The van der Waals surface area contributed by atoms with Gasteiger partial charge in [-0.15, -0.1) is 0 Å². The summed E-state index contributed by atoms with van der Waals surface area (Å²) < 4.78 is 2.44. The van der Waals surface area contributed by atoms with Crippen LogP contribution in [0.2, 0.25) is 0 Å². The number of rotatable bonds is 6. The van der Waals surface area contributed by atoms with Gasteiger partial charge in [-0.25, -0.2) is 4.79 Å². The normalized spacial score (nSPS) is 21.8. The molecule has 2 atom stereocenters. The molecule has 7 heteroatoms. The molecule has 0 amide bonds. The first-order valence-electron chi connectivity index (χ1n) is 10.4. The minimum Gasteiger partial charge on any atom is -0.384 e. The van der Waals surface area contributed by atoms with Crippen LogP contribution >= 0.6 is 0 Å². The van der Waals surface area contributed by atoms with Crippen molar-refractivity contribution in [2.45, 2.75) is 40.3 Å². The van der Waals surface area contributed by atoms with E-state index in [4.69, 9.17) is 5.73 Å². The highest BCUT2D eigenvalue weighted by Gasteiger charge is 2.30. The number of hydrogen-bond acceptors (Lipinski definition) is 4. The number of quaternary nitrogens is 1. The van der Waals surface area contributed by atoms with Gasteiger partial charge < -0.3 is 10.6 Å². The maximum absolute atomic E-state index is 13.1.